The van der Waals surface area contributed by atoms with Crippen molar-refractivity contribution in [2.45, 2.75) is 6.36 Å². The van der Waals surface area contributed by atoms with Gasteiger partial charge in [0.25, 0.3) is 0 Å². The first-order valence-electron chi connectivity index (χ1n) is 5.07. The van der Waals surface area contributed by atoms with Crippen molar-refractivity contribution < 1.29 is 23.0 Å². The normalized spacial score (nSPS) is 11.4. The van der Waals surface area contributed by atoms with Gasteiger partial charge in [0.05, 0.1) is 0 Å². The van der Waals surface area contributed by atoms with E-state index in [0.29, 0.717) is 0 Å². The van der Waals surface area contributed by atoms with Gasteiger partial charge in [-0.3, -0.25) is 0 Å². The van der Waals surface area contributed by atoms with Crippen molar-refractivity contribution in [1.29, 1.82) is 0 Å². The minimum atomic E-state index is -4.78. The lowest BCUT2D eigenvalue weighted by molar-refractivity contribution is -0.274. The van der Waals surface area contributed by atoms with Crippen LogP contribution in [-0.4, -0.2) is 16.5 Å². The zero-order valence-electron chi connectivity index (χ0n) is 9.28. The Morgan fingerprint density at radius 3 is 2.58 bits per heavy atom. The lowest BCUT2D eigenvalue weighted by Crippen LogP contribution is -2.17. The van der Waals surface area contributed by atoms with Gasteiger partial charge in [0.2, 0.25) is 0 Å². The Kier molecular flexibility index (Phi) is 3.53. The number of aromatic nitrogens is 1. The highest BCUT2D eigenvalue weighted by molar-refractivity contribution is 6.29. The Bertz CT molecular complexity index is 602. The molecule has 100 valence electrons. The van der Waals surface area contributed by atoms with Crippen molar-refractivity contribution in [2.75, 3.05) is 0 Å². The van der Waals surface area contributed by atoms with Crippen molar-refractivity contribution in [1.82, 2.24) is 4.98 Å². The summed E-state index contributed by atoms with van der Waals surface area (Å²) in [7, 11) is 0. The summed E-state index contributed by atoms with van der Waals surface area (Å²) in [5.41, 5.74) is 0.349. The van der Waals surface area contributed by atoms with Crippen LogP contribution in [0.15, 0.2) is 36.4 Å². The van der Waals surface area contributed by atoms with Crippen molar-refractivity contribution in [2.24, 2.45) is 0 Å². The molecule has 0 amide bonds. The second-order valence-corrected chi connectivity index (χ2v) is 3.96. The van der Waals surface area contributed by atoms with Crippen molar-refractivity contribution in [3.63, 3.8) is 0 Å². The molecule has 1 N–H and O–H groups in total. The first-order chi connectivity index (χ1) is 8.85. The molecule has 0 aliphatic carbocycles. The van der Waals surface area contributed by atoms with Gasteiger partial charge >= 0.3 is 6.36 Å². The molecule has 0 saturated heterocycles. The number of hydrogen-bond donors (Lipinski definition) is 1. The molecule has 0 bridgehead atoms. The molecule has 0 radical (unpaired) electrons. The molecule has 1 aromatic heterocycles. The van der Waals surface area contributed by atoms with E-state index in [0.717, 1.165) is 12.1 Å². The van der Waals surface area contributed by atoms with E-state index in [-0.39, 0.29) is 22.2 Å². The maximum Gasteiger partial charge on any atom is 0.573 e. The third-order valence-electron chi connectivity index (χ3n) is 2.18. The van der Waals surface area contributed by atoms with Crippen molar-refractivity contribution in [3.05, 3.63) is 41.6 Å². The van der Waals surface area contributed by atoms with Gasteiger partial charge in [-0.2, -0.15) is 0 Å². The van der Waals surface area contributed by atoms with Crippen LogP contribution in [-0.2, 0) is 0 Å². The fourth-order valence-electron chi connectivity index (χ4n) is 1.48. The first kappa shape index (κ1) is 13.5. The van der Waals surface area contributed by atoms with E-state index in [4.69, 9.17) is 11.6 Å². The van der Waals surface area contributed by atoms with Gasteiger partial charge in [0.15, 0.2) is 0 Å². The second-order valence-electron chi connectivity index (χ2n) is 3.58. The summed E-state index contributed by atoms with van der Waals surface area (Å²) in [4.78, 5) is 3.86. The minimum absolute atomic E-state index is 0.0834. The van der Waals surface area contributed by atoms with E-state index in [9.17, 15) is 18.3 Å². The molecule has 0 spiro atoms. The lowest BCUT2D eigenvalue weighted by atomic mass is 10.1. The summed E-state index contributed by atoms with van der Waals surface area (Å²) in [6, 6.07) is 7.79. The number of alkyl halides is 3. The van der Waals surface area contributed by atoms with E-state index in [1.165, 1.54) is 24.3 Å². The average Bonchev–Trinajstić information content (AvgIpc) is 2.30. The van der Waals surface area contributed by atoms with Gasteiger partial charge in [-0.15, -0.1) is 13.2 Å². The zero-order valence-corrected chi connectivity index (χ0v) is 10.0. The molecule has 3 nitrogen and oxygen atoms in total. The number of hydrogen-bond acceptors (Lipinski definition) is 3. The fourth-order valence-corrected chi connectivity index (χ4v) is 1.63. The third-order valence-corrected chi connectivity index (χ3v) is 2.39. The molecule has 1 heterocycles. The Morgan fingerprint density at radius 2 is 1.89 bits per heavy atom. The second kappa shape index (κ2) is 4.97. The van der Waals surface area contributed by atoms with Crippen molar-refractivity contribution >= 4 is 11.6 Å². The Hall–Kier alpha value is -1.95. The molecule has 0 aliphatic heterocycles. The topological polar surface area (TPSA) is 42.4 Å². The van der Waals surface area contributed by atoms with E-state index < -0.39 is 12.1 Å². The summed E-state index contributed by atoms with van der Waals surface area (Å²) < 4.78 is 40.1. The molecule has 0 atom stereocenters. The average molecular weight is 290 g/mol. The molecule has 7 heteroatoms. The highest BCUT2D eigenvalue weighted by atomic mass is 35.5. The summed E-state index contributed by atoms with van der Waals surface area (Å²) in [6.07, 6.45) is -4.78. The smallest absolute Gasteiger partial charge is 0.506 e. The molecule has 2 rings (SSSR count). The maximum absolute atomic E-state index is 12.1. The molecule has 0 fully saturated rings. The minimum Gasteiger partial charge on any atom is -0.506 e. The highest BCUT2D eigenvalue weighted by Gasteiger charge is 2.31. The zero-order chi connectivity index (χ0) is 14.0. The van der Waals surface area contributed by atoms with Crippen LogP contribution in [0.1, 0.15) is 0 Å². The molecule has 1 aromatic carbocycles. The number of nitrogens with zero attached hydrogens (tertiary/aromatic N) is 1. The van der Waals surface area contributed by atoms with Crippen LogP contribution in [0.2, 0.25) is 5.15 Å². The highest BCUT2D eigenvalue weighted by Crippen LogP contribution is 2.32. The number of pyridine rings is 1. The Balaban J connectivity index is 2.40. The summed E-state index contributed by atoms with van der Waals surface area (Å²) >= 11 is 5.68. The molecule has 2 aromatic rings. The lowest BCUT2D eigenvalue weighted by Gasteiger charge is -2.10. The van der Waals surface area contributed by atoms with Gasteiger partial charge in [-0.1, -0.05) is 23.7 Å². The first-order valence-corrected chi connectivity index (χ1v) is 5.45. The Labute approximate surface area is 111 Å². The van der Waals surface area contributed by atoms with Gasteiger partial charge in [0.1, 0.15) is 22.3 Å². The van der Waals surface area contributed by atoms with Crippen LogP contribution in [0.4, 0.5) is 13.2 Å². The summed E-state index contributed by atoms with van der Waals surface area (Å²) in [5.74, 6) is -0.584. The predicted molar refractivity (Wildman–Crippen MR) is 63.0 cm³/mol. The maximum atomic E-state index is 12.1. The quantitative estimate of drug-likeness (QED) is 0.850. The van der Waals surface area contributed by atoms with Crippen LogP contribution in [0, 0.1) is 0 Å². The standard InChI is InChI=1S/C12H7ClF3NO2/c13-10-5-4-9(18)11(17-10)7-2-1-3-8(6-7)19-12(14,15)16/h1-6,18H. The molecule has 0 saturated carbocycles. The van der Waals surface area contributed by atoms with Gasteiger partial charge in [0, 0.05) is 5.56 Å². The van der Waals surface area contributed by atoms with Crippen LogP contribution in [0.3, 0.4) is 0 Å². The van der Waals surface area contributed by atoms with Gasteiger partial charge in [-0.05, 0) is 24.3 Å². The SMILES string of the molecule is Oc1ccc(Cl)nc1-c1cccc(OC(F)(F)F)c1. The molecular formula is C12H7ClF3NO2. The Morgan fingerprint density at radius 1 is 1.16 bits per heavy atom. The van der Waals surface area contributed by atoms with Crippen LogP contribution in [0.25, 0.3) is 11.3 Å². The predicted octanol–water partition coefficient (Wildman–Crippen LogP) is 4.01. The van der Waals surface area contributed by atoms with E-state index in [1.807, 2.05) is 0 Å². The van der Waals surface area contributed by atoms with Gasteiger partial charge in [-0.25, -0.2) is 4.98 Å². The number of ether oxygens (including phenoxy) is 1. The van der Waals surface area contributed by atoms with E-state index in [2.05, 4.69) is 9.72 Å². The molecular weight excluding hydrogens is 283 g/mol. The van der Waals surface area contributed by atoms with Gasteiger partial charge < -0.3 is 9.84 Å². The van der Waals surface area contributed by atoms with Crippen LogP contribution in [0.5, 0.6) is 11.5 Å². The number of aromatic hydroxyl groups is 1. The van der Waals surface area contributed by atoms with Crippen LogP contribution >= 0.6 is 11.6 Å². The summed E-state index contributed by atoms with van der Waals surface area (Å²) in [5, 5.41) is 9.75. The molecule has 0 unspecified atom stereocenters. The monoisotopic (exact) mass is 289 g/mol. The third kappa shape index (κ3) is 3.51. The van der Waals surface area contributed by atoms with E-state index >= 15 is 0 Å². The number of rotatable bonds is 2. The van der Waals surface area contributed by atoms with E-state index in [1.54, 1.807) is 0 Å². The summed E-state index contributed by atoms with van der Waals surface area (Å²) in [6.45, 7) is 0. The fraction of sp³-hybridized carbons (Fsp3) is 0.0833. The molecule has 0 aliphatic rings. The largest absolute Gasteiger partial charge is 0.573 e. The number of benzene rings is 1. The van der Waals surface area contributed by atoms with Crippen LogP contribution < -0.4 is 4.74 Å². The molecule has 19 heavy (non-hydrogen) atoms. The number of halogens is 4. The van der Waals surface area contributed by atoms with Crippen molar-refractivity contribution in [3.8, 4) is 22.8 Å².